The van der Waals surface area contributed by atoms with E-state index in [1.165, 1.54) is 11.1 Å². The summed E-state index contributed by atoms with van der Waals surface area (Å²) in [4.78, 5) is 17.7. The predicted octanol–water partition coefficient (Wildman–Crippen LogP) is 4.02. The molecule has 0 saturated heterocycles. The summed E-state index contributed by atoms with van der Waals surface area (Å²) in [6.45, 7) is 7.42. The standard InChI is InChI=1S/C20H22N2O2S/c1-13-5-7-16(8-6-13)19(23)21-20-22(9-10-24-4)18-15(3)11-14(2)12-17(18)25-20/h5-8,11-12H,9-10H2,1-4H3. The first-order chi connectivity index (χ1) is 12.0. The maximum Gasteiger partial charge on any atom is 0.279 e. The fourth-order valence-corrected chi connectivity index (χ4v) is 4.15. The molecule has 3 aromatic rings. The van der Waals surface area contributed by atoms with Gasteiger partial charge in [-0.3, -0.25) is 4.79 Å². The van der Waals surface area contributed by atoms with Gasteiger partial charge in [0.15, 0.2) is 4.80 Å². The van der Waals surface area contributed by atoms with Crippen molar-refractivity contribution in [2.45, 2.75) is 27.3 Å². The molecule has 25 heavy (non-hydrogen) atoms. The summed E-state index contributed by atoms with van der Waals surface area (Å²) >= 11 is 1.55. The zero-order valence-electron chi connectivity index (χ0n) is 15.0. The Balaban J connectivity index is 2.15. The first-order valence-electron chi connectivity index (χ1n) is 8.25. The van der Waals surface area contributed by atoms with E-state index in [0.29, 0.717) is 23.5 Å². The Morgan fingerprint density at radius 2 is 1.84 bits per heavy atom. The summed E-state index contributed by atoms with van der Waals surface area (Å²) in [5, 5.41) is 0. The van der Waals surface area contributed by atoms with Gasteiger partial charge in [-0.25, -0.2) is 0 Å². The van der Waals surface area contributed by atoms with Gasteiger partial charge in [0.05, 0.1) is 16.8 Å². The van der Waals surface area contributed by atoms with Gasteiger partial charge in [0.1, 0.15) is 0 Å². The summed E-state index contributed by atoms with van der Waals surface area (Å²) in [5.74, 6) is -0.216. The van der Waals surface area contributed by atoms with Gasteiger partial charge in [-0.15, -0.1) is 0 Å². The number of aryl methyl sites for hydroxylation is 3. The fourth-order valence-electron chi connectivity index (χ4n) is 2.91. The Hall–Kier alpha value is -2.24. The Labute approximate surface area is 151 Å². The smallest absolute Gasteiger partial charge is 0.279 e. The van der Waals surface area contributed by atoms with Crippen molar-refractivity contribution in [3.63, 3.8) is 0 Å². The maximum atomic E-state index is 12.6. The molecule has 0 aliphatic rings. The number of ether oxygens (including phenoxy) is 1. The van der Waals surface area contributed by atoms with Gasteiger partial charge in [-0.05, 0) is 50.1 Å². The number of rotatable bonds is 4. The minimum absolute atomic E-state index is 0.216. The number of methoxy groups -OCH3 is 1. The second-order valence-electron chi connectivity index (χ2n) is 6.24. The van der Waals surface area contributed by atoms with Crippen LogP contribution < -0.4 is 4.80 Å². The van der Waals surface area contributed by atoms with Crippen molar-refractivity contribution < 1.29 is 9.53 Å². The van der Waals surface area contributed by atoms with Crippen LogP contribution >= 0.6 is 11.3 Å². The van der Waals surface area contributed by atoms with Gasteiger partial charge in [-0.2, -0.15) is 4.99 Å². The van der Waals surface area contributed by atoms with Crippen molar-refractivity contribution in [3.8, 4) is 0 Å². The van der Waals surface area contributed by atoms with Crippen LogP contribution in [0.2, 0.25) is 0 Å². The third kappa shape index (κ3) is 3.72. The van der Waals surface area contributed by atoms with Gasteiger partial charge in [0.25, 0.3) is 5.91 Å². The molecule has 2 aromatic carbocycles. The summed E-state index contributed by atoms with van der Waals surface area (Å²) < 4.78 is 8.47. The summed E-state index contributed by atoms with van der Waals surface area (Å²) in [6, 6.07) is 11.8. The van der Waals surface area contributed by atoms with E-state index in [9.17, 15) is 4.79 Å². The number of aromatic nitrogens is 1. The number of carbonyl (C=O) groups excluding carboxylic acids is 1. The Morgan fingerprint density at radius 1 is 1.12 bits per heavy atom. The Bertz CT molecular complexity index is 981. The van der Waals surface area contributed by atoms with Gasteiger partial charge < -0.3 is 9.30 Å². The third-order valence-corrected chi connectivity index (χ3v) is 5.15. The van der Waals surface area contributed by atoms with Crippen LogP contribution in [0.15, 0.2) is 41.4 Å². The lowest BCUT2D eigenvalue weighted by Crippen LogP contribution is -2.19. The normalized spacial score (nSPS) is 12.1. The predicted molar refractivity (Wildman–Crippen MR) is 102 cm³/mol. The number of hydrogen-bond donors (Lipinski definition) is 0. The average molecular weight is 354 g/mol. The van der Waals surface area contributed by atoms with E-state index in [2.05, 4.69) is 35.5 Å². The van der Waals surface area contributed by atoms with Crippen LogP contribution in [-0.4, -0.2) is 24.2 Å². The molecule has 0 unspecified atom stereocenters. The number of fused-ring (bicyclic) bond motifs is 1. The van der Waals surface area contributed by atoms with Crippen LogP contribution in [0.1, 0.15) is 27.0 Å². The van der Waals surface area contributed by atoms with Crippen molar-refractivity contribution in [1.82, 2.24) is 4.57 Å². The van der Waals surface area contributed by atoms with E-state index in [1.54, 1.807) is 18.4 Å². The summed E-state index contributed by atoms with van der Waals surface area (Å²) in [7, 11) is 1.68. The first kappa shape index (κ1) is 17.6. The molecular formula is C20H22N2O2S. The number of benzene rings is 2. The molecule has 0 bridgehead atoms. The van der Waals surface area contributed by atoms with E-state index in [1.807, 2.05) is 31.2 Å². The highest BCUT2D eigenvalue weighted by Gasteiger charge is 2.11. The molecule has 0 N–H and O–H groups in total. The number of amides is 1. The van der Waals surface area contributed by atoms with Gasteiger partial charge >= 0.3 is 0 Å². The van der Waals surface area contributed by atoms with Crippen LogP contribution in [0.25, 0.3) is 10.2 Å². The number of thiazole rings is 1. The largest absolute Gasteiger partial charge is 0.383 e. The molecule has 130 valence electrons. The van der Waals surface area contributed by atoms with Crippen molar-refractivity contribution in [3.05, 3.63) is 63.5 Å². The molecule has 5 heteroatoms. The fraction of sp³-hybridized carbons (Fsp3) is 0.300. The van der Waals surface area contributed by atoms with E-state index in [-0.39, 0.29) is 5.91 Å². The van der Waals surface area contributed by atoms with Crippen molar-refractivity contribution >= 4 is 27.5 Å². The first-order valence-corrected chi connectivity index (χ1v) is 9.06. The monoisotopic (exact) mass is 354 g/mol. The number of carbonyl (C=O) groups is 1. The minimum atomic E-state index is -0.216. The molecule has 1 amide bonds. The van der Waals surface area contributed by atoms with E-state index < -0.39 is 0 Å². The second kappa shape index (κ2) is 7.33. The van der Waals surface area contributed by atoms with Crippen LogP contribution in [0.4, 0.5) is 0 Å². The maximum absolute atomic E-state index is 12.6. The van der Waals surface area contributed by atoms with Gasteiger partial charge in [0, 0.05) is 19.2 Å². The van der Waals surface area contributed by atoms with E-state index >= 15 is 0 Å². The molecule has 0 spiro atoms. The van der Waals surface area contributed by atoms with Crippen molar-refractivity contribution in [2.75, 3.05) is 13.7 Å². The summed E-state index contributed by atoms with van der Waals surface area (Å²) in [5.41, 5.74) is 5.25. The topological polar surface area (TPSA) is 43.6 Å². The molecular weight excluding hydrogens is 332 g/mol. The number of nitrogens with zero attached hydrogens (tertiary/aromatic N) is 2. The van der Waals surface area contributed by atoms with E-state index in [0.717, 1.165) is 15.8 Å². The Kier molecular flexibility index (Phi) is 5.16. The van der Waals surface area contributed by atoms with Crippen LogP contribution in [0.5, 0.6) is 0 Å². The molecule has 3 rings (SSSR count). The Morgan fingerprint density at radius 3 is 2.52 bits per heavy atom. The lowest BCUT2D eigenvalue weighted by Gasteiger charge is -2.07. The molecule has 0 saturated carbocycles. The molecule has 0 aliphatic heterocycles. The molecule has 1 heterocycles. The van der Waals surface area contributed by atoms with Crippen LogP contribution in [-0.2, 0) is 11.3 Å². The molecule has 0 fully saturated rings. The van der Waals surface area contributed by atoms with Gasteiger partial charge in [0.2, 0.25) is 0 Å². The van der Waals surface area contributed by atoms with Crippen molar-refractivity contribution in [1.29, 1.82) is 0 Å². The summed E-state index contributed by atoms with van der Waals surface area (Å²) in [6.07, 6.45) is 0. The van der Waals surface area contributed by atoms with Crippen LogP contribution in [0.3, 0.4) is 0 Å². The lowest BCUT2D eigenvalue weighted by atomic mass is 10.1. The van der Waals surface area contributed by atoms with E-state index in [4.69, 9.17) is 4.74 Å². The molecule has 4 nitrogen and oxygen atoms in total. The van der Waals surface area contributed by atoms with Crippen molar-refractivity contribution in [2.24, 2.45) is 4.99 Å². The highest BCUT2D eigenvalue weighted by Crippen LogP contribution is 2.23. The molecule has 1 aromatic heterocycles. The minimum Gasteiger partial charge on any atom is -0.383 e. The molecule has 0 atom stereocenters. The highest BCUT2D eigenvalue weighted by molar-refractivity contribution is 7.16. The second-order valence-corrected chi connectivity index (χ2v) is 7.25. The molecule has 0 radical (unpaired) electrons. The van der Waals surface area contributed by atoms with Crippen LogP contribution in [0, 0.1) is 20.8 Å². The zero-order chi connectivity index (χ0) is 18.0. The average Bonchev–Trinajstić information content (AvgIpc) is 2.90. The highest BCUT2D eigenvalue weighted by atomic mass is 32.1. The number of hydrogen-bond acceptors (Lipinski definition) is 3. The SMILES string of the molecule is COCCn1c(=NC(=O)c2ccc(C)cc2)sc2cc(C)cc(C)c21. The third-order valence-electron chi connectivity index (χ3n) is 4.13. The lowest BCUT2D eigenvalue weighted by molar-refractivity contribution is 0.0997. The quantitative estimate of drug-likeness (QED) is 0.710. The zero-order valence-corrected chi connectivity index (χ0v) is 15.8. The molecule has 0 aliphatic carbocycles. The van der Waals surface area contributed by atoms with Gasteiger partial charge in [-0.1, -0.05) is 35.1 Å².